The van der Waals surface area contributed by atoms with Crippen molar-refractivity contribution in [2.75, 3.05) is 6.54 Å². The molecule has 30 heavy (non-hydrogen) atoms. The fourth-order valence-corrected chi connectivity index (χ4v) is 7.54. The zero-order chi connectivity index (χ0) is 21.3. The summed E-state index contributed by atoms with van der Waals surface area (Å²) in [5, 5.41) is 11.0. The Labute approximate surface area is 183 Å². The molecule has 2 aromatic heterocycles. The van der Waals surface area contributed by atoms with Crippen molar-refractivity contribution in [3.8, 4) is 0 Å². The number of carboxylic acid groups (broad SMARTS) is 1. The lowest BCUT2D eigenvalue weighted by Crippen LogP contribution is -2.53. The number of nitrogens with one attached hydrogen (secondary N) is 1. The van der Waals surface area contributed by atoms with Gasteiger partial charge >= 0.3 is 5.97 Å². The number of carboxylic acids is 1. The standard InChI is InChI=1S/C20H20ClN3O4S2/c1-12-17(13-5-3-2-4-6-13)20(12,19(25)26)22-30(27,28)23-7-8-24-15(11-23)9-14-10-16(21)29-18(14)24/h2-6,9-10,12,17,22H,7-8,11H2,1H3,(H,25,26)/t12-,17-,20+/m1/s1. The number of halogens is 1. The lowest BCUT2D eigenvalue weighted by molar-refractivity contribution is -0.140. The van der Waals surface area contributed by atoms with Gasteiger partial charge in [-0.05, 0) is 23.6 Å². The maximum atomic E-state index is 13.2. The highest BCUT2D eigenvalue weighted by Gasteiger charge is 2.70. The van der Waals surface area contributed by atoms with E-state index in [1.165, 1.54) is 15.6 Å². The number of hydrogen-bond acceptors (Lipinski definition) is 4. The number of fused-ring (bicyclic) bond motifs is 3. The van der Waals surface area contributed by atoms with Gasteiger partial charge in [-0.25, -0.2) is 0 Å². The molecule has 0 amide bonds. The van der Waals surface area contributed by atoms with Gasteiger partial charge in [-0.3, -0.25) is 4.79 Å². The lowest BCUT2D eigenvalue weighted by atomic mass is 10.1. The molecule has 0 bridgehead atoms. The third kappa shape index (κ3) is 2.91. The van der Waals surface area contributed by atoms with Crippen LogP contribution in [0.25, 0.3) is 10.2 Å². The van der Waals surface area contributed by atoms with Crippen LogP contribution in [0.1, 0.15) is 24.1 Å². The Balaban J connectivity index is 1.42. The van der Waals surface area contributed by atoms with Crippen molar-refractivity contribution < 1.29 is 18.3 Å². The summed E-state index contributed by atoms with van der Waals surface area (Å²) in [6, 6.07) is 13.0. The summed E-state index contributed by atoms with van der Waals surface area (Å²) < 4.78 is 33.1. The Bertz CT molecular complexity index is 1250. The molecule has 5 rings (SSSR count). The first kappa shape index (κ1) is 20.0. The zero-order valence-electron chi connectivity index (χ0n) is 16.1. The monoisotopic (exact) mass is 465 g/mol. The predicted octanol–water partition coefficient (Wildman–Crippen LogP) is 3.26. The summed E-state index contributed by atoms with van der Waals surface area (Å²) in [4.78, 5) is 13.2. The van der Waals surface area contributed by atoms with E-state index in [0.29, 0.717) is 10.9 Å². The second-order valence-electron chi connectivity index (χ2n) is 7.89. The van der Waals surface area contributed by atoms with Crippen LogP contribution in [0.2, 0.25) is 4.34 Å². The van der Waals surface area contributed by atoms with Crippen LogP contribution in [0, 0.1) is 5.92 Å². The van der Waals surface area contributed by atoms with Crippen LogP contribution in [0.3, 0.4) is 0 Å². The van der Waals surface area contributed by atoms with Gasteiger partial charge in [0, 0.05) is 30.1 Å². The second kappa shape index (κ2) is 6.80. The molecule has 158 valence electrons. The van der Waals surface area contributed by atoms with E-state index in [4.69, 9.17) is 11.6 Å². The van der Waals surface area contributed by atoms with Crippen LogP contribution in [-0.2, 0) is 28.1 Å². The molecule has 10 heteroatoms. The van der Waals surface area contributed by atoms with Gasteiger partial charge in [0.15, 0.2) is 0 Å². The van der Waals surface area contributed by atoms with Crippen molar-refractivity contribution in [2.45, 2.75) is 31.5 Å². The van der Waals surface area contributed by atoms with Crippen molar-refractivity contribution in [2.24, 2.45) is 5.92 Å². The van der Waals surface area contributed by atoms with Gasteiger partial charge in [0.25, 0.3) is 10.2 Å². The number of carbonyl (C=O) groups is 1. The van der Waals surface area contributed by atoms with Gasteiger partial charge < -0.3 is 9.67 Å². The summed E-state index contributed by atoms with van der Waals surface area (Å²) in [5.41, 5.74) is 0.158. The average molecular weight is 466 g/mol. The molecular weight excluding hydrogens is 446 g/mol. The van der Waals surface area contributed by atoms with E-state index < -0.39 is 27.6 Å². The molecule has 3 atom stereocenters. The Hall–Kier alpha value is -1.91. The lowest BCUT2D eigenvalue weighted by Gasteiger charge is -2.29. The highest BCUT2D eigenvalue weighted by Crippen LogP contribution is 2.58. The molecule has 2 N–H and O–H groups in total. The smallest absolute Gasteiger partial charge is 0.325 e. The van der Waals surface area contributed by atoms with Crippen LogP contribution in [-0.4, -0.2) is 40.4 Å². The van der Waals surface area contributed by atoms with Crippen molar-refractivity contribution >= 4 is 49.3 Å². The van der Waals surface area contributed by atoms with Crippen molar-refractivity contribution in [3.05, 3.63) is 58.1 Å². The fourth-order valence-electron chi connectivity index (χ4n) is 4.70. The summed E-state index contributed by atoms with van der Waals surface area (Å²) in [5.74, 6) is -1.91. The average Bonchev–Trinajstić information content (AvgIpc) is 2.96. The van der Waals surface area contributed by atoms with E-state index in [1.807, 2.05) is 42.5 Å². The summed E-state index contributed by atoms with van der Waals surface area (Å²) in [6.45, 7) is 2.72. The first-order valence-corrected chi connectivity index (χ1v) is 12.2. The number of benzene rings is 1. The number of thiophene rings is 1. The van der Waals surface area contributed by atoms with E-state index in [0.717, 1.165) is 21.5 Å². The van der Waals surface area contributed by atoms with Gasteiger partial charge in [0.05, 0.1) is 10.9 Å². The number of aromatic nitrogens is 1. The van der Waals surface area contributed by atoms with Crippen molar-refractivity contribution in [1.29, 1.82) is 0 Å². The largest absolute Gasteiger partial charge is 0.480 e. The van der Waals surface area contributed by atoms with Gasteiger partial charge in [-0.2, -0.15) is 17.4 Å². The third-order valence-corrected chi connectivity index (χ3v) is 9.18. The molecule has 1 saturated carbocycles. The number of hydrogen-bond donors (Lipinski definition) is 2. The van der Waals surface area contributed by atoms with E-state index >= 15 is 0 Å². The van der Waals surface area contributed by atoms with Gasteiger partial charge in [-0.15, -0.1) is 11.3 Å². The number of rotatable bonds is 5. The summed E-state index contributed by atoms with van der Waals surface area (Å²) >= 11 is 7.56. The molecule has 1 fully saturated rings. The van der Waals surface area contributed by atoms with Gasteiger partial charge in [-0.1, -0.05) is 48.9 Å². The molecular formula is C20H20ClN3O4S2. The first-order valence-electron chi connectivity index (χ1n) is 9.59. The zero-order valence-corrected chi connectivity index (χ0v) is 18.5. The molecule has 7 nitrogen and oxygen atoms in total. The molecule has 0 spiro atoms. The van der Waals surface area contributed by atoms with Crippen molar-refractivity contribution in [1.82, 2.24) is 13.6 Å². The molecule has 2 aliphatic rings. The molecule has 0 unspecified atom stereocenters. The normalized spacial score (nSPS) is 26.6. The molecule has 0 saturated heterocycles. The predicted molar refractivity (Wildman–Crippen MR) is 116 cm³/mol. The Kier molecular flexibility index (Phi) is 4.53. The minimum Gasteiger partial charge on any atom is -0.480 e. The molecule has 1 aliphatic carbocycles. The summed E-state index contributed by atoms with van der Waals surface area (Å²) in [6.07, 6.45) is 0. The van der Waals surface area contributed by atoms with E-state index in [-0.39, 0.29) is 19.0 Å². The molecule has 0 radical (unpaired) electrons. The van der Waals surface area contributed by atoms with Gasteiger partial charge in [0.2, 0.25) is 0 Å². The second-order valence-corrected chi connectivity index (χ2v) is 11.2. The Morgan fingerprint density at radius 2 is 2.00 bits per heavy atom. The Morgan fingerprint density at radius 3 is 2.70 bits per heavy atom. The molecule has 1 aromatic carbocycles. The highest BCUT2D eigenvalue weighted by molar-refractivity contribution is 7.87. The van der Waals surface area contributed by atoms with Crippen LogP contribution < -0.4 is 4.72 Å². The minimum absolute atomic E-state index is 0.189. The van der Waals surface area contributed by atoms with Crippen LogP contribution >= 0.6 is 22.9 Å². The van der Waals surface area contributed by atoms with E-state index in [2.05, 4.69) is 9.29 Å². The SMILES string of the molecule is C[C@@H]1[C@H](c2ccccc2)[C@]1(NS(=O)(=O)N1CCn2c(cc3cc(Cl)sc32)C1)C(=O)O. The number of nitrogens with zero attached hydrogens (tertiary/aromatic N) is 2. The summed E-state index contributed by atoms with van der Waals surface area (Å²) in [7, 11) is -4.00. The van der Waals surface area contributed by atoms with Crippen LogP contribution in [0.5, 0.6) is 0 Å². The number of aliphatic carboxylic acids is 1. The van der Waals surface area contributed by atoms with E-state index in [1.54, 1.807) is 6.92 Å². The third-order valence-electron chi connectivity index (χ3n) is 6.29. The molecule has 3 aromatic rings. The minimum atomic E-state index is -4.00. The van der Waals surface area contributed by atoms with E-state index in [9.17, 15) is 18.3 Å². The topological polar surface area (TPSA) is 91.6 Å². The quantitative estimate of drug-likeness (QED) is 0.605. The van der Waals surface area contributed by atoms with Crippen LogP contribution in [0.15, 0.2) is 42.5 Å². The maximum Gasteiger partial charge on any atom is 0.325 e. The maximum absolute atomic E-state index is 13.2. The Morgan fingerprint density at radius 1 is 1.27 bits per heavy atom. The molecule has 1 aliphatic heterocycles. The van der Waals surface area contributed by atoms with Gasteiger partial charge in [0.1, 0.15) is 10.4 Å². The first-order chi connectivity index (χ1) is 14.2. The fraction of sp³-hybridized carbons (Fsp3) is 0.350. The highest BCUT2D eigenvalue weighted by atomic mass is 35.5. The van der Waals surface area contributed by atoms with Crippen LogP contribution in [0.4, 0.5) is 0 Å². The molecule has 3 heterocycles. The van der Waals surface area contributed by atoms with Crippen molar-refractivity contribution in [3.63, 3.8) is 0 Å².